The second-order valence-electron chi connectivity index (χ2n) is 8.41. The number of hydrogen-bond acceptors (Lipinski definition) is 4. The molecule has 1 fully saturated rings. The zero-order chi connectivity index (χ0) is 21.3. The molecule has 4 heteroatoms. The summed E-state index contributed by atoms with van der Waals surface area (Å²) in [4.78, 5) is 4.84. The van der Waals surface area contributed by atoms with E-state index < -0.39 is 0 Å². The van der Waals surface area contributed by atoms with Crippen molar-refractivity contribution >= 4 is 10.9 Å². The summed E-state index contributed by atoms with van der Waals surface area (Å²) in [6, 6.07) is 18.4. The van der Waals surface area contributed by atoms with Gasteiger partial charge in [-0.25, -0.2) is 4.98 Å². The molecule has 0 radical (unpaired) electrons. The first-order chi connectivity index (χ1) is 15.3. The molecular weight excluding hydrogens is 386 g/mol. The van der Waals surface area contributed by atoms with Crippen molar-refractivity contribution in [2.75, 3.05) is 19.8 Å². The number of pyridine rings is 1. The fraction of sp³-hybridized carbons (Fsp3) is 0.444. The second-order valence-corrected chi connectivity index (χ2v) is 8.41. The largest absolute Gasteiger partial charge is 0.488 e. The zero-order valence-corrected chi connectivity index (χ0v) is 18.5. The van der Waals surface area contributed by atoms with E-state index in [1.807, 2.05) is 36.4 Å². The number of fused-ring (bicyclic) bond motifs is 1. The van der Waals surface area contributed by atoms with E-state index >= 15 is 0 Å². The Kier molecular flexibility index (Phi) is 7.92. The van der Waals surface area contributed by atoms with Gasteiger partial charge in [0.2, 0.25) is 0 Å². The van der Waals surface area contributed by atoms with Crippen LogP contribution < -0.4 is 4.74 Å². The molecule has 2 aromatic carbocycles. The molecule has 164 valence electrons. The van der Waals surface area contributed by atoms with Gasteiger partial charge in [0.15, 0.2) is 0 Å². The Bertz CT molecular complexity index is 953. The molecule has 1 saturated carbocycles. The Labute approximate surface area is 185 Å². The van der Waals surface area contributed by atoms with E-state index in [0.29, 0.717) is 13.2 Å². The van der Waals surface area contributed by atoms with Gasteiger partial charge in [0.05, 0.1) is 17.8 Å². The van der Waals surface area contributed by atoms with Crippen LogP contribution in [0.1, 0.15) is 48.9 Å². The summed E-state index contributed by atoms with van der Waals surface area (Å²) in [6.45, 7) is 5.59. The summed E-state index contributed by atoms with van der Waals surface area (Å²) in [5.41, 5.74) is 4.10. The molecule has 3 aromatic rings. The van der Waals surface area contributed by atoms with Gasteiger partial charge in [-0.05, 0) is 49.8 Å². The molecule has 1 aliphatic rings. The van der Waals surface area contributed by atoms with Gasteiger partial charge in [-0.3, -0.25) is 0 Å². The Hall–Kier alpha value is -2.43. The lowest BCUT2D eigenvalue weighted by atomic mass is 10.1. The molecule has 1 aromatic heterocycles. The topological polar surface area (TPSA) is 40.6 Å². The molecular formula is C27H33NO3. The standard InChI is InChI=1S/C27H33NO3/c1-21-26(20-30-17-8-7-16-29-18-15-22-13-14-22)28-25-12-6-5-11-24(25)27(21)31-19-23-9-3-2-4-10-23/h2-6,9-12,22H,7-8,13-20H2,1H3. The van der Waals surface area contributed by atoms with E-state index in [1.54, 1.807) is 0 Å². The molecule has 0 saturated heterocycles. The molecule has 4 nitrogen and oxygen atoms in total. The Morgan fingerprint density at radius 3 is 2.39 bits per heavy atom. The summed E-state index contributed by atoms with van der Waals surface area (Å²) in [6.07, 6.45) is 6.09. The van der Waals surface area contributed by atoms with E-state index in [9.17, 15) is 0 Å². The summed E-state index contributed by atoms with van der Waals surface area (Å²) in [5, 5.41) is 1.04. The lowest BCUT2D eigenvalue weighted by Crippen LogP contribution is -2.05. The molecule has 0 atom stereocenters. The summed E-state index contributed by atoms with van der Waals surface area (Å²) in [7, 11) is 0. The van der Waals surface area contributed by atoms with Gasteiger partial charge in [-0.2, -0.15) is 0 Å². The number of nitrogens with zero attached hydrogens (tertiary/aromatic N) is 1. The van der Waals surface area contributed by atoms with Crippen LogP contribution in [0.3, 0.4) is 0 Å². The van der Waals surface area contributed by atoms with Crippen LogP contribution in [0.25, 0.3) is 10.9 Å². The first kappa shape index (κ1) is 21.8. The summed E-state index contributed by atoms with van der Waals surface area (Å²) in [5.74, 6) is 1.85. The average Bonchev–Trinajstić information content (AvgIpc) is 3.63. The molecule has 0 N–H and O–H groups in total. The van der Waals surface area contributed by atoms with Crippen LogP contribution >= 0.6 is 0 Å². The monoisotopic (exact) mass is 419 g/mol. The third kappa shape index (κ3) is 6.52. The van der Waals surface area contributed by atoms with Gasteiger partial charge in [0.1, 0.15) is 12.4 Å². The summed E-state index contributed by atoms with van der Waals surface area (Å²) >= 11 is 0. The Balaban J connectivity index is 1.30. The minimum atomic E-state index is 0.501. The van der Waals surface area contributed by atoms with Crippen LogP contribution in [-0.4, -0.2) is 24.8 Å². The number of rotatable bonds is 13. The Morgan fingerprint density at radius 1 is 0.839 bits per heavy atom. The number of hydrogen-bond donors (Lipinski definition) is 0. The van der Waals surface area contributed by atoms with E-state index in [-0.39, 0.29) is 0 Å². The maximum absolute atomic E-state index is 6.27. The Morgan fingerprint density at radius 2 is 1.58 bits per heavy atom. The highest BCUT2D eigenvalue weighted by Gasteiger charge is 2.20. The number of benzene rings is 2. The molecule has 0 bridgehead atoms. The highest BCUT2D eigenvalue weighted by molar-refractivity contribution is 5.86. The predicted molar refractivity (Wildman–Crippen MR) is 124 cm³/mol. The average molecular weight is 420 g/mol. The van der Waals surface area contributed by atoms with E-state index in [2.05, 4.69) is 25.1 Å². The molecule has 31 heavy (non-hydrogen) atoms. The van der Waals surface area contributed by atoms with Crippen molar-refractivity contribution in [2.24, 2.45) is 5.92 Å². The number of unbranched alkanes of at least 4 members (excludes halogenated alkanes) is 1. The van der Waals surface area contributed by atoms with Crippen molar-refractivity contribution in [1.82, 2.24) is 4.98 Å². The SMILES string of the molecule is Cc1c(COCCCCOCCC2CC2)nc2ccccc2c1OCc1ccccc1. The van der Waals surface area contributed by atoms with Crippen LogP contribution in [0.15, 0.2) is 54.6 Å². The smallest absolute Gasteiger partial charge is 0.134 e. The van der Waals surface area contributed by atoms with Gasteiger partial charge < -0.3 is 14.2 Å². The van der Waals surface area contributed by atoms with Crippen molar-refractivity contribution in [1.29, 1.82) is 0 Å². The first-order valence-electron chi connectivity index (χ1n) is 11.5. The molecule has 1 heterocycles. The highest BCUT2D eigenvalue weighted by Crippen LogP contribution is 2.32. The van der Waals surface area contributed by atoms with Crippen molar-refractivity contribution in [2.45, 2.75) is 52.2 Å². The maximum Gasteiger partial charge on any atom is 0.134 e. The third-order valence-corrected chi connectivity index (χ3v) is 5.84. The molecule has 0 unspecified atom stereocenters. The van der Waals surface area contributed by atoms with E-state index in [4.69, 9.17) is 19.2 Å². The van der Waals surface area contributed by atoms with Crippen LogP contribution in [0.5, 0.6) is 5.75 Å². The third-order valence-electron chi connectivity index (χ3n) is 5.84. The molecule has 1 aliphatic carbocycles. The number of para-hydroxylation sites is 1. The molecule has 0 spiro atoms. The van der Waals surface area contributed by atoms with Gasteiger partial charge in [0, 0.05) is 30.8 Å². The van der Waals surface area contributed by atoms with Gasteiger partial charge in [0.25, 0.3) is 0 Å². The minimum Gasteiger partial charge on any atom is -0.488 e. The quantitative estimate of drug-likeness (QED) is 0.308. The van der Waals surface area contributed by atoms with Crippen LogP contribution in [0.2, 0.25) is 0 Å². The second kappa shape index (κ2) is 11.3. The van der Waals surface area contributed by atoms with Crippen molar-refractivity contribution in [3.05, 3.63) is 71.4 Å². The summed E-state index contributed by atoms with van der Waals surface area (Å²) < 4.78 is 17.9. The molecule has 0 amide bonds. The van der Waals surface area contributed by atoms with Crippen molar-refractivity contribution in [3.8, 4) is 5.75 Å². The highest BCUT2D eigenvalue weighted by atomic mass is 16.5. The van der Waals surface area contributed by atoms with E-state index in [0.717, 1.165) is 72.1 Å². The van der Waals surface area contributed by atoms with Gasteiger partial charge >= 0.3 is 0 Å². The maximum atomic E-state index is 6.27. The normalized spacial score (nSPS) is 13.6. The van der Waals surface area contributed by atoms with Gasteiger partial charge in [-0.1, -0.05) is 55.3 Å². The predicted octanol–water partition coefficient (Wildman–Crippen LogP) is 6.24. The van der Waals surface area contributed by atoms with Crippen molar-refractivity contribution in [3.63, 3.8) is 0 Å². The zero-order valence-electron chi connectivity index (χ0n) is 18.5. The van der Waals surface area contributed by atoms with Crippen molar-refractivity contribution < 1.29 is 14.2 Å². The van der Waals surface area contributed by atoms with Crippen LogP contribution in [0, 0.1) is 12.8 Å². The fourth-order valence-corrected chi connectivity index (χ4v) is 3.72. The lowest BCUT2D eigenvalue weighted by Gasteiger charge is -2.16. The van der Waals surface area contributed by atoms with Crippen LogP contribution in [-0.2, 0) is 22.7 Å². The number of aromatic nitrogens is 1. The molecule has 0 aliphatic heterocycles. The van der Waals surface area contributed by atoms with Gasteiger partial charge in [-0.15, -0.1) is 0 Å². The molecule has 4 rings (SSSR count). The minimum absolute atomic E-state index is 0.501. The van der Waals surface area contributed by atoms with Crippen LogP contribution in [0.4, 0.5) is 0 Å². The number of ether oxygens (including phenoxy) is 3. The first-order valence-corrected chi connectivity index (χ1v) is 11.5. The van der Waals surface area contributed by atoms with E-state index in [1.165, 1.54) is 19.3 Å². The lowest BCUT2D eigenvalue weighted by molar-refractivity contribution is 0.0920. The fourth-order valence-electron chi connectivity index (χ4n) is 3.72.